The van der Waals surface area contributed by atoms with Crippen LogP contribution in [-0.4, -0.2) is 39.1 Å². The molecule has 0 aliphatic heterocycles. The number of rotatable bonds is 7. The number of carbonyl (C=O) groups excluding carboxylic acids is 1. The third-order valence-corrected chi connectivity index (χ3v) is 4.02. The molecule has 1 aromatic rings. The molecule has 0 spiro atoms. The molecule has 0 aromatic heterocycles. The molecule has 0 saturated carbocycles. The van der Waals surface area contributed by atoms with E-state index in [1.807, 2.05) is 32.9 Å². The van der Waals surface area contributed by atoms with Crippen molar-refractivity contribution >= 4 is 35.8 Å². The number of benzene rings is 1. The third kappa shape index (κ3) is 7.01. The number of aryl methyl sites for hydroxylation is 1. The molecule has 7 heteroatoms. The molecule has 148 valence electrons. The molecule has 3 N–H and O–H groups in total. The fourth-order valence-corrected chi connectivity index (χ4v) is 2.48. The van der Waals surface area contributed by atoms with Crippen molar-refractivity contribution in [1.29, 1.82) is 0 Å². The summed E-state index contributed by atoms with van der Waals surface area (Å²) in [5, 5.41) is 9.31. The number of hydrogen-bond donors (Lipinski definition) is 3. The van der Waals surface area contributed by atoms with Crippen LogP contribution in [0.25, 0.3) is 0 Å². The van der Waals surface area contributed by atoms with Crippen molar-refractivity contribution < 1.29 is 9.53 Å². The normalized spacial score (nSPS) is 12.7. The maximum Gasteiger partial charge on any atom is 0.227 e. The van der Waals surface area contributed by atoms with E-state index in [2.05, 4.69) is 40.9 Å². The van der Waals surface area contributed by atoms with Gasteiger partial charge in [0.2, 0.25) is 5.91 Å². The zero-order valence-corrected chi connectivity index (χ0v) is 19.2. The van der Waals surface area contributed by atoms with Gasteiger partial charge in [-0.2, -0.15) is 0 Å². The summed E-state index contributed by atoms with van der Waals surface area (Å²) in [7, 11) is 3.31. The van der Waals surface area contributed by atoms with Crippen LogP contribution in [0, 0.1) is 12.3 Å². The first-order valence-corrected chi connectivity index (χ1v) is 8.66. The van der Waals surface area contributed by atoms with E-state index in [0.29, 0.717) is 12.5 Å². The lowest BCUT2D eigenvalue weighted by Gasteiger charge is -2.23. The fourth-order valence-electron chi connectivity index (χ4n) is 2.48. The second kappa shape index (κ2) is 11.3. The van der Waals surface area contributed by atoms with Crippen molar-refractivity contribution in [3.8, 4) is 5.75 Å². The third-order valence-electron chi connectivity index (χ3n) is 4.02. The molecular weight excluding hydrogens is 443 g/mol. The van der Waals surface area contributed by atoms with E-state index in [1.165, 1.54) is 5.56 Å². The van der Waals surface area contributed by atoms with E-state index in [4.69, 9.17) is 4.74 Å². The van der Waals surface area contributed by atoms with Gasteiger partial charge in [0, 0.05) is 19.2 Å². The Bertz CT molecular complexity index is 618. The second-order valence-electron chi connectivity index (χ2n) is 6.77. The smallest absolute Gasteiger partial charge is 0.227 e. The number of ether oxygens (including phenoxy) is 1. The number of amides is 1. The van der Waals surface area contributed by atoms with Crippen molar-refractivity contribution in [3.63, 3.8) is 0 Å². The Balaban J connectivity index is 0.00000625. The molecule has 0 aliphatic rings. The lowest BCUT2D eigenvalue weighted by molar-refractivity contribution is -0.128. The van der Waals surface area contributed by atoms with Gasteiger partial charge >= 0.3 is 0 Å². The first-order chi connectivity index (χ1) is 11.7. The molecule has 0 fully saturated rings. The molecule has 1 rings (SSSR count). The van der Waals surface area contributed by atoms with Gasteiger partial charge in [0.05, 0.1) is 25.1 Å². The number of nitrogens with one attached hydrogen (secondary N) is 3. The standard InChI is InChI=1S/C19H32N4O2.HI/c1-8-21-18(22-12-19(4,5)17(24)20-6)23-14(3)15-11-13(2)9-10-16(15)25-7;/h9-11,14H,8,12H2,1-7H3,(H,20,24)(H2,21,22,23);1H. The first kappa shape index (κ1) is 24.5. The molecule has 1 amide bonds. The average Bonchev–Trinajstić information content (AvgIpc) is 2.58. The minimum atomic E-state index is -0.568. The van der Waals surface area contributed by atoms with Crippen LogP contribution in [-0.2, 0) is 4.79 Å². The molecule has 1 atom stereocenters. The SMILES string of the molecule is CCNC(=NCC(C)(C)C(=O)NC)NC(C)c1cc(C)ccc1OC.I. The predicted molar refractivity (Wildman–Crippen MR) is 119 cm³/mol. The molecule has 26 heavy (non-hydrogen) atoms. The van der Waals surface area contributed by atoms with Gasteiger partial charge in [0.15, 0.2) is 5.96 Å². The van der Waals surface area contributed by atoms with Crippen molar-refractivity contribution in [1.82, 2.24) is 16.0 Å². The topological polar surface area (TPSA) is 74.8 Å². The summed E-state index contributed by atoms with van der Waals surface area (Å²) >= 11 is 0. The highest BCUT2D eigenvalue weighted by Crippen LogP contribution is 2.26. The van der Waals surface area contributed by atoms with Crippen LogP contribution in [0.5, 0.6) is 5.75 Å². The van der Waals surface area contributed by atoms with Crippen LogP contribution in [0.3, 0.4) is 0 Å². The fraction of sp³-hybridized carbons (Fsp3) is 0.579. The molecule has 0 aliphatic carbocycles. The summed E-state index contributed by atoms with van der Waals surface area (Å²) in [6.45, 7) is 11.0. The molecular formula is C19H33IN4O2. The van der Waals surface area contributed by atoms with E-state index < -0.39 is 5.41 Å². The average molecular weight is 476 g/mol. The van der Waals surface area contributed by atoms with Crippen LogP contribution < -0.4 is 20.7 Å². The lowest BCUT2D eigenvalue weighted by atomic mass is 9.93. The number of nitrogens with zero attached hydrogens (tertiary/aromatic N) is 1. The van der Waals surface area contributed by atoms with Crippen LogP contribution in [0.1, 0.15) is 44.9 Å². The van der Waals surface area contributed by atoms with Crippen LogP contribution in [0.4, 0.5) is 0 Å². The van der Waals surface area contributed by atoms with Crippen molar-refractivity contribution in [3.05, 3.63) is 29.3 Å². The highest BCUT2D eigenvalue weighted by Gasteiger charge is 2.26. The maximum atomic E-state index is 11.9. The van der Waals surface area contributed by atoms with Crippen molar-refractivity contribution in [2.24, 2.45) is 10.4 Å². The summed E-state index contributed by atoms with van der Waals surface area (Å²) in [6, 6.07) is 6.12. The first-order valence-electron chi connectivity index (χ1n) is 8.66. The Labute approximate surface area is 174 Å². The van der Waals surface area contributed by atoms with Gasteiger partial charge in [-0.05, 0) is 40.7 Å². The zero-order valence-electron chi connectivity index (χ0n) is 16.9. The van der Waals surface area contributed by atoms with Gasteiger partial charge in [-0.1, -0.05) is 17.7 Å². The van der Waals surface area contributed by atoms with Crippen molar-refractivity contribution in [2.45, 2.75) is 40.7 Å². The largest absolute Gasteiger partial charge is 0.496 e. The highest BCUT2D eigenvalue weighted by atomic mass is 127. The van der Waals surface area contributed by atoms with Gasteiger partial charge < -0.3 is 20.7 Å². The number of halogens is 1. The summed E-state index contributed by atoms with van der Waals surface area (Å²) in [4.78, 5) is 16.5. The maximum absolute atomic E-state index is 11.9. The number of hydrogen-bond acceptors (Lipinski definition) is 3. The molecule has 0 bridgehead atoms. The van der Waals surface area contributed by atoms with E-state index in [0.717, 1.165) is 17.9 Å². The summed E-state index contributed by atoms with van der Waals surface area (Å²) in [6.07, 6.45) is 0. The van der Waals surface area contributed by atoms with Gasteiger partial charge in [-0.3, -0.25) is 9.79 Å². The van der Waals surface area contributed by atoms with E-state index >= 15 is 0 Å². The minimum Gasteiger partial charge on any atom is -0.496 e. The van der Waals surface area contributed by atoms with Crippen LogP contribution in [0.2, 0.25) is 0 Å². The highest BCUT2D eigenvalue weighted by molar-refractivity contribution is 14.0. The Hall–Kier alpha value is -1.51. The minimum absolute atomic E-state index is 0. The van der Waals surface area contributed by atoms with Crippen LogP contribution >= 0.6 is 24.0 Å². The van der Waals surface area contributed by atoms with E-state index in [9.17, 15) is 4.79 Å². The number of guanidine groups is 1. The summed E-state index contributed by atoms with van der Waals surface area (Å²) < 4.78 is 5.47. The quantitative estimate of drug-likeness (QED) is 0.322. The summed E-state index contributed by atoms with van der Waals surface area (Å²) in [5.74, 6) is 1.49. The van der Waals surface area contributed by atoms with Gasteiger partial charge in [0.25, 0.3) is 0 Å². The molecule has 1 aromatic carbocycles. The van der Waals surface area contributed by atoms with Crippen molar-refractivity contribution in [2.75, 3.05) is 27.2 Å². The summed E-state index contributed by atoms with van der Waals surface area (Å²) in [5.41, 5.74) is 1.67. The molecule has 0 heterocycles. The van der Waals surface area contributed by atoms with Gasteiger partial charge in [-0.15, -0.1) is 24.0 Å². The monoisotopic (exact) mass is 476 g/mol. The Kier molecular flexibility index (Phi) is 10.6. The molecule has 0 saturated heterocycles. The predicted octanol–water partition coefficient (Wildman–Crippen LogP) is 3.01. The van der Waals surface area contributed by atoms with Gasteiger partial charge in [0.1, 0.15) is 5.75 Å². The van der Waals surface area contributed by atoms with E-state index in [-0.39, 0.29) is 35.9 Å². The zero-order chi connectivity index (χ0) is 19.0. The molecule has 0 radical (unpaired) electrons. The number of aliphatic imine (C=N–C) groups is 1. The molecule has 6 nitrogen and oxygen atoms in total. The number of carbonyl (C=O) groups is 1. The Morgan fingerprint density at radius 1 is 1.35 bits per heavy atom. The van der Waals surface area contributed by atoms with E-state index in [1.54, 1.807) is 14.2 Å². The lowest BCUT2D eigenvalue weighted by Crippen LogP contribution is -2.41. The number of methoxy groups -OCH3 is 1. The second-order valence-corrected chi connectivity index (χ2v) is 6.77. The molecule has 1 unspecified atom stereocenters. The van der Waals surface area contributed by atoms with Crippen LogP contribution in [0.15, 0.2) is 23.2 Å². The Morgan fingerprint density at radius 2 is 2.00 bits per heavy atom. The Morgan fingerprint density at radius 3 is 2.54 bits per heavy atom. The van der Waals surface area contributed by atoms with Gasteiger partial charge in [-0.25, -0.2) is 0 Å².